The number of amides is 2. The zero-order valence-electron chi connectivity index (χ0n) is 15.8. The van der Waals surface area contributed by atoms with Crippen molar-refractivity contribution in [3.05, 3.63) is 96.0 Å². The van der Waals surface area contributed by atoms with Gasteiger partial charge in [-0.25, -0.2) is 0 Å². The summed E-state index contributed by atoms with van der Waals surface area (Å²) in [7, 11) is 0. The monoisotopic (exact) mass is 421 g/mol. The Hall–Kier alpha value is -3.91. The van der Waals surface area contributed by atoms with Gasteiger partial charge in [0.15, 0.2) is 5.11 Å². The molecular formula is C22H19N3O4S. The third-order valence-electron chi connectivity index (χ3n) is 3.83. The fraction of sp³-hybridized carbons (Fsp3) is 0.0455. The van der Waals surface area contributed by atoms with Crippen molar-refractivity contribution in [3.63, 3.8) is 0 Å². The van der Waals surface area contributed by atoms with Gasteiger partial charge in [-0.2, -0.15) is 0 Å². The summed E-state index contributed by atoms with van der Waals surface area (Å²) < 4.78 is 10.8. The molecule has 7 nitrogen and oxygen atoms in total. The van der Waals surface area contributed by atoms with Crippen LogP contribution in [0.1, 0.15) is 21.7 Å². The Bertz CT molecular complexity index is 1020. The van der Waals surface area contributed by atoms with E-state index in [1.807, 2.05) is 30.3 Å². The van der Waals surface area contributed by atoms with Crippen molar-refractivity contribution in [2.24, 2.45) is 0 Å². The smallest absolute Gasteiger partial charge is 0.269 e. The van der Waals surface area contributed by atoms with Gasteiger partial charge in [-0.3, -0.25) is 25.8 Å². The van der Waals surface area contributed by atoms with E-state index in [0.717, 1.165) is 5.56 Å². The maximum atomic E-state index is 12.2. The average molecular weight is 421 g/mol. The second kappa shape index (κ2) is 10.6. The van der Waals surface area contributed by atoms with Gasteiger partial charge < -0.3 is 9.15 Å². The molecule has 0 aliphatic carbocycles. The zero-order chi connectivity index (χ0) is 21.2. The Morgan fingerprint density at radius 1 is 0.967 bits per heavy atom. The largest absolute Gasteiger partial charge is 0.489 e. The number of rotatable bonds is 6. The standard InChI is InChI=1S/C22H19N3O4S/c26-20(13-12-18-7-4-14-28-18)23-22(30)25-24-21(27)17-8-10-19(11-9-17)29-15-16-5-2-1-3-6-16/h1-14H,15H2,(H,24,27)(H2,23,25,26,30). The minimum atomic E-state index is -0.460. The molecule has 0 saturated carbocycles. The van der Waals surface area contributed by atoms with E-state index in [2.05, 4.69) is 16.2 Å². The minimum Gasteiger partial charge on any atom is -0.489 e. The molecule has 3 N–H and O–H groups in total. The predicted octanol–water partition coefficient (Wildman–Crippen LogP) is 3.21. The number of benzene rings is 2. The second-order valence-corrected chi connectivity index (χ2v) is 6.45. The Balaban J connectivity index is 1.41. The fourth-order valence-corrected chi connectivity index (χ4v) is 2.51. The molecule has 30 heavy (non-hydrogen) atoms. The number of furan rings is 1. The van der Waals surface area contributed by atoms with Gasteiger partial charge in [0.2, 0.25) is 5.91 Å². The maximum absolute atomic E-state index is 12.2. The van der Waals surface area contributed by atoms with Gasteiger partial charge in [-0.1, -0.05) is 30.3 Å². The molecule has 8 heteroatoms. The average Bonchev–Trinajstić information content (AvgIpc) is 3.29. The van der Waals surface area contributed by atoms with E-state index >= 15 is 0 Å². The lowest BCUT2D eigenvalue weighted by atomic mass is 10.2. The van der Waals surface area contributed by atoms with Crippen LogP contribution >= 0.6 is 12.2 Å². The molecule has 1 aromatic heterocycles. The van der Waals surface area contributed by atoms with E-state index in [0.29, 0.717) is 23.7 Å². The Morgan fingerprint density at radius 2 is 1.73 bits per heavy atom. The number of thiocarbonyl (C=S) groups is 1. The number of hydrogen-bond donors (Lipinski definition) is 3. The molecule has 0 radical (unpaired) electrons. The van der Waals surface area contributed by atoms with Crippen molar-refractivity contribution in [2.75, 3.05) is 0 Å². The molecule has 0 fully saturated rings. The number of nitrogens with one attached hydrogen (secondary N) is 3. The molecule has 1 heterocycles. The molecule has 0 bridgehead atoms. The number of ether oxygens (including phenoxy) is 1. The summed E-state index contributed by atoms with van der Waals surface area (Å²) in [6, 6.07) is 19.9. The maximum Gasteiger partial charge on any atom is 0.269 e. The summed E-state index contributed by atoms with van der Waals surface area (Å²) in [6.45, 7) is 0.441. The van der Waals surface area contributed by atoms with E-state index in [-0.39, 0.29) is 5.11 Å². The van der Waals surface area contributed by atoms with Gasteiger partial charge >= 0.3 is 0 Å². The van der Waals surface area contributed by atoms with E-state index in [1.54, 1.807) is 36.4 Å². The van der Waals surface area contributed by atoms with Gasteiger partial charge in [0.05, 0.1) is 6.26 Å². The van der Waals surface area contributed by atoms with Crippen molar-refractivity contribution in [3.8, 4) is 5.75 Å². The van der Waals surface area contributed by atoms with Crippen molar-refractivity contribution >= 4 is 35.2 Å². The normalized spacial score (nSPS) is 10.4. The summed E-state index contributed by atoms with van der Waals surface area (Å²) in [5.74, 6) is 0.313. The van der Waals surface area contributed by atoms with Crippen LogP contribution in [-0.2, 0) is 11.4 Å². The molecule has 2 aromatic carbocycles. The van der Waals surface area contributed by atoms with Crippen molar-refractivity contribution in [1.82, 2.24) is 16.2 Å². The molecular weight excluding hydrogens is 402 g/mol. The van der Waals surface area contributed by atoms with Gasteiger partial charge in [0.25, 0.3) is 5.91 Å². The van der Waals surface area contributed by atoms with Gasteiger partial charge in [-0.05, 0) is 60.3 Å². The van der Waals surface area contributed by atoms with Crippen LogP contribution in [0.25, 0.3) is 6.08 Å². The van der Waals surface area contributed by atoms with Crippen molar-refractivity contribution in [1.29, 1.82) is 0 Å². The lowest BCUT2D eigenvalue weighted by Crippen LogP contribution is -2.48. The molecule has 0 aliphatic rings. The Morgan fingerprint density at radius 3 is 2.43 bits per heavy atom. The van der Waals surface area contributed by atoms with E-state index < -0.39 is 11.8 Å². The molecule has 0 atom stereocenters. The highest BCUT2D eigenvalue weighted by molar-refractivity contribution is 7.80. The summed E-state index contributed by atoms with van der Waals surface area (Å²) in [5.41, 5.74) is 6.36. The van der Waals surface area contributed by atoms with Crippen LogP contribution < -0.4 is 20.9 Å². The topological polar surface area (TPSA) is 92.6 Å². The quantitative estimate of drug-likeness (QED) is 0.322. The summed E-state index contributed by atoms with van der Waals surface area (Å²) in [5, 5.41) is 2.37. The second-order valence-electron chi connectivity index (χ2n) is 6.04. The third kappa shape index (κ3) is 6.61. The summed E-state index contributed by atoms with van der Waals surface area (Å²) in [6.07, 6.45) is 4.27. The van der Waals surface area contributed by atoms with Crippen LogP contribution in [0, 0.1) is 0 Å². The Labute approximate surface area is 178 Å². The molecule has 0 unspecified atom stereocenters. The highest BCUT2D eigenvalue weighted by atomic mass is 32.1. The molecule has 2 amide bonds. The minimum absolute atomic E-state index is 0.0414. The number of carbonyl (C=O) groups is 2. The molecule has 0 saturated heterocycles. The van der Waals surface area contributed by atoms with Crippen molar-refractivity contribution < 1.29 is 18.7 Å². The first-order chi connectivity index (χ1) is 14.6. The summed E-state index contributed by atoms with van der Waals surface area (Å²) >= 11 is 4.98. The number of hydrogen-bond acceptors (Lipinski definition) is 5. The number of carbonyl (C=O) groups excluding carboxylic acids is 2. The SMILES string of the molecule is O=C(C=Cc1ccco1)NC(=S)NNC(=O)c1ccc(OCc2ccccc2)cc1. The van der Waals surface area contributed by atoms with Crippen LogP contribution in [0.5, 0.6) is 5.75 Å². The van der Waals surface area contributed by atoms with Gasteiger partial charge in [0.1, 0.15) is 18.1 Å². The molecule has 3 aromatic rings. The lowest BCUT2D eigenvalue weighted by molar-refractivity contribution is -0.115. The highest BCUT2D eigenvalue weighted by Gasteiger charge is 2.07. The molecule has 3 rings (SSSR count). The predicted molar refractivity (Wildman–Crippen MR) is 116 cm³/mol. The first-order valence-electron chi connectivity index (χ1n) is 9.00. The zero-order valence-corrected chi connectivity index (χ0v) is 16.6. The van der Waals surface area contributed by atoms with Crippen LogP contribution in [0.15, 0.2) is 83.5 Å². The van der Waals surface area contributed by atoms with E-state index in [9.17, 15) is 9.59 Å². The van der Waals surface area contributed by atoms with Crippen molar-refractivity contribution in [2.45, 2.75) is 6.61 Å². The van der Waals surface area contributed by atoms with E-state index in [4.69, 9.17) is 21.4 Å². The first kappa shape index (κ1) is 20.8. The van der Waals surface area contributed by atoms with Gasteiger partial charge in [0, 0.05) is 11.6 Å². The first-order valence-corrected chi connectivity index (χ1v) is 9.40. The van der Waals surface area contributed by atoms with Crippen LogP contribution in [0.3, 0.4) is 0 Å². The fourth-order valence-electron chi connectivity index (χ4n) is 2.36. The lowest BCUT2D eigenvalue weighted by Gasteiger charge is -2.10. The number of hydrazine groups is 1. The van der Waals surface area contributed by atoms with Gasteiger partial charge in [-0.15, -0.1) is 0 Å². The molecule has 0 spiro atoms. The Kier molecular flexibility index (Phi) is 7.34. The highest BCUT2D eigenvalue weighted by Crippen LogP contribution is 2.14. The van der Waals surface area contributed by atoms with Crippen LogP contribution in [0.2, 0.25) is 0 Å². The van der Waals surface area contributed by atoms with E-state index in [1.165, 1.54) is 18.4 Å². The molecule has 0 aliphatic heterocycles. The third-order valence-corrected chi connectivity index (χ3v) is 4.04. The summed E-state index contributed by atoms with van der Waals surface area (Å²) in [4.78, 5) is 24.0. The van der Waals surface area contributed by atoms with Crippen LogP contribution in [0.4, 0.5) is 0 Å². The van der Waals surface area contributed by atoms with Crippen LogP contribution in [-0.4, -0.2) is 16.9 Å². The molecule has 152 valence electrons.